The molecule has 0 spiro atoms. The van der Waals surface area contributed by atoms with Crippen molar-refractivity contribution in [1.29, 1.82) is 0 Å². The predicted molar refractivity (Wildman–Crippen MR) is 233 cm³/mol. The molecule has 0 radical (unpaired) electrons. The van der Waals surface area contributed by atoms with Gasteiger partial charge in [-0.3, -0.25) is 9.59 Å². The number of esters is 2. The van der Waals surface area contributed by atoms with Crippen LogP contribution >= 0.6 is 0 Å². The summed E-state index contributed by atoms with van der Waals surface area (Å²) in [6.45, 7) is 5.44. The molecule has 354 valence electrons. The molecule has 2 rings (SSSR count). The number of carbonyl (C=O) groups is 2. The van der Waals surface area contributed by atoms with Crippen LogP contribution in [-0.4, -0.2) is 142 Å². The maximum atomic E-state index is 12.9. The zero-order valence-electron chi connectivity index (χ0n) is 36.5. The highest BCUT2D eigenvalue weighted by atomic mass is 16.7. The maximum Gasteiger partial charge on any atom is 0.306 e. The number of allylic oxidation sites excluding steroid dienone is 10. The third-order valence-corrected chi connectivity index (χ3v) is 10.4. The Morgan fingerprint density at radius 3 is 1.52 bits per heavy atom. The summed E-state index contributed by atoms with van der Waals surface area (Å²) in [6, 6.07) is 0. The second kappa shape index (κ2) is 34.4. The first-order chi connectivity index (χ1) is 30.0. The largest absolute Gasteiger partial charge is 0.462 e. The van der Waals surface area contributed by atoms with E-state index < -0.39 is 99.3 Å². The monoisotopic (exact) mass is 881 g/mol. The molecule has 2 heterocycles. The smallest absolute Gasteiger partial charge is 0.306 e. The summed E-state index contributed by atoms with van der Waals surface area (Å²) < 4.78 is 33.4. The third kappa shape index (κ3) is 23.0. The molecular formula is C47H76O15. The van der Waals surface area contributed by atoms with E-state index in [0.717, 1.165) is 89.9 Å². The van der Waals surface area contributed by atoms with E-state index in [-0.39, 0.29) is 19.4 Å². The number of carbonyl (C=O) groups excluding carboxylic acids is 2. The molecule has 11 atom stereocenters. The minimum Gasteiger partial charge on any atom is -0.462 e. The van der Waals surface area contributed by atoms with Gasteiger partial charge in [-0.15, -0.1) is 13.2 Å². The molecule has 2 fully saturated rings. The van der Waals surface area contributed by atoms with Crippen LogP contribution in [0.2, 0.25) is 0 Å². The Bertz CT molecular complexity index is 1330. The SMILES string of the molecule is C=CC/C=C/C/C=C/CCCCCCCC(=O)OC[C@H](CO[C@@H]1O[C@H](CO[C@H]2O[C@H](CO)[C@H](O)[C@H](O)[C@H]2O)[C@H](O)[C@H](O)[C@H]1O)OC(=O)CCCCCCC/C=C/C/C=C/CC=C. The maximum absolute atomic E-state index is 12.9. The lowest BCUT2D eigenvalue weighted by molar-refractivity contribution is -0.332. The Hall–Kier alpha value is -3.06. The quantitative estimate of drug-likeness (QED) is 0.0264. The normalized spacial score (nSPS) is 27.3. The number of hydrogen-bond donors (Lipinski definition) is 7. The van der Waals surface area contributed by atoms with Gasteiger partial charge in [-0.1, -0.05) is 99.3 Å². The van der Waals surface area contributed by atoms with Gasteiger partial charge in [0.25, 0.3) is 0 Å². The van der Waals surface area contributed by atoms with Crippen molar-refractivity contribution in [3.63, 3.8) is 0 Å². The first-order valence-corrected chi connectivity index (χ1v) is 22.4. The summed E-state index contributed by atoms with van der Waals surface area (Å²) >= 11 is 0. The van der Waals surface area contributed by atoms with Crippen molar-refractivity contribution < 1.29 is 73.8 Å². The van der Waals surface area contributed by atoms with Crippen molar-refractivity contribution >= 4 is 11.9 Å². The molecule has 0 aliphatic carbocycles. The number of unbranched alkanes of at least 4 members (excludes halogenated alkanes) is 10. The van der Waals surface area contributed by atoms with Crippen LogP contribution < -0.4 is 0 Å². The Morgan fingerprint density at radius 1 is 0.516 bits per heavy atom. The second-order valence-electron chi connectivity index (χ2n) is 15.7. The van der Waals surface area contributed by atoms with Gasteiger partial charge in [-0.25, -0.2) is 0 Å². The Morgan fingerprint density at radius 2 is 0.968 bits per heavy atom. The highest BCUT2D eigenvalue weighted by Crippen LogP contribution is 2.26. The summed E-state index contributed by atoms with van der Waals surface area (Å²) in [6.07, 6.45) is 18.7. The number of aliphatic hydroxyl groups excluding tert-OH is 7. The lowest BCUT2D eigenvalue weighted by atomic mass is 9.98. The minimum absolute atomic E-state index is 0.134. The van der Waals surface area contributed by atoms with E-state index in [1.807, 2.05) is 12.2 Å². The molecule has 0 amide bonds. The predicted octanol–water partition coefficient (Wildman–Crippen LogP) is 4.70. The van der Waals surface area contributed by atoms with E-state index in [2.05, 4.69) is 61.8 Å². The second-order valence-corrected chi connectivity index (χ2v) is 15.7. The zero-order chi connectivity index (χ0) is 45.4. The number of hydrogen-bond acceptors (Lipinski definition) is 15. The van der Waals surface area contributed by atoms with Crippen LogP contribution in [0.5, 0.6) is 0 Å². The molecule has 0 aromatic rings. The highest BCUT2D eigenvalue weighted by Gasteiger charge is 2.47. The van der Waals surface area contributed by atoms with E-state index in [9.17, 15) is 45.3 Å². The summed E-state index contributed by atoms with van der Waals surface area (Å²) in [7, 11) is 0. The minimum atomic E-state index is -1.78. The summed E-state index contributed by atoms with van der Waals surface area (Å²) in [5, 5.41) is 71.8. The molecule has 7 N–H and O–H groups in total. The van der Waals surface area contributed by atoms with Crippen molar-refractivity contribution in [3.8, 4) is 0 Å². The Labute approximate surface area is 368 Å². The lowest BCUT2D eigenvalue weighted by Gasteiger charge is -2.42. The number of aliphatic hydroxyl groups is 7. The van der Waals surface area contributed by atoms with E-state index in [1.165, 1.54) is 0 Å². The van der Waals surface area contributed by atoms with Gasteiger partial charge in [-0.2, -0.15) is 0 Å². The van der Waals surface area contributed by atoms with Crippen molar-refractivity contribution in [3.05, 3.63) is 73.9 Å². The highest BCUT2D eigenvalue weighted by molar-refractivity contribution is 5.70. The fraction of sp³-hybridized carbons (Fsp3) is 0.702. The van der Waals surface area contributed by atoms with Gasteiger partial charge in [0, 0.05) is 12.8 Å². The van der Waals surface area contributed by atoms with Crippen LogP contribution in [0.25, 0.3) is 0 Å². The number of rotatable bonds is 34. The van der Waals surface area contributed by atoms with Gasteiger partial charge >= 0.3 is 11.9 Å². The zero-order valence-corrected chi connectivity index (χ0v) is 36.5. The molecule has 0 saturated carbocycles. The van der Waals surface area contributed by atoms with E-state index in [4.69, 9.17) is 28.4 Å². The van der Waals surface area contributed by atoms with Crippen LogP contribution in [0.15, 0.2) is 73.9 Å². The average molecular weight is 881 g/mol. The standard InChI is InChI=1S/C47H76O15/c1-3-5-7-9-11-13-15-17-19-21-23-25-27-29-38(49)57-32-35(60-39(50)30-28-26-24-22-20-18-16-14-12-10-8-6-4-2)33-58-46-45(56)43(54)41(52)37(62-46)34-59-47-44(55)42(53)40(51)36(31-48)61-47/h3-4,7-10,13-16,35-37,40-48,51-56H,1-2,5-6,11-12,17-34H2/b9-7+,10-8+,15-13+,16-14+/t35-,36-,37-,40+,41+,42+,43+,44-,45-,46-,47+/m1/s1. The molecular weight excluding hydrogens is 805 g/mol. The fourth-order valence-corrected chi connectivity index (χ4v) is 6.69. The van der Waals surface area contributed by atoms with Crippen molar-refractivity contribution in [1.82, 2.24) is 0 Å². The lowest BCUT2D eigenvalue weighted by Crippen LogP contribution is -2.61. The van der Waals surface area contributed by atoms with Crippen molar-refractivity contribution in [2.24, 2.45) is 0 Å². The summed E-state index contributed by atoms with van der Waals surface area (Å²) in [5.41, 5.74) is 0. The van der Waals surface area contributed by atoms with Crippen molar-refractivity contribution in [2.75, 3.05) is 26.4 Å². The molecule has 0 aromatic carbocycles. The molecule has 2 aliphatic rings. The Kier molecular flexibility index (Phi) is 30.5. The van der Waals surface area contributed by atoms with Gasteiger partial charge < -0.3 is 64.2 Å². The van der Waals surface area contributed by atoms with Gasteiger partial charge in [0.15, 0.2) is 18.7 Å². The van der Waals surface area contributed by atoms with E-state index in [0.29, 0.717) is 12.8 Å². The molecule has 2 aliphatic heterocycles. The van der Waals surface area contributed by atoms with E-state index in [1.54, 1.807) is 0 Å². The van der Waals surface area contributed by atoms with Crippen LogP contribution in [-0.2, 0) is 38.0 Å². The molecule has 0 unspecified atom stereocenters. The summed E-state index contributed by atoms with van der Waals surface area (Å²) in [5.74, 6) is -0.983. The van der Waals surface area contributed by atoms with Crippen LogP contribution in [0.1, 0.15) is 116 Å². The van der Waals surface area contributed by atoms with Crippen LogP contribution in [0.3, 0.4) is 0 Å². The van der Waals surface area contributed by atoms with Gasteiger partial charge in [0.1, 0.15) is 55.4 Å². The molecule has 15 nitrogen and oxygen atoms in total. The first kappa shape index (κ1) is 55.1. The van der Waals surface area contributed by atoms with Gasteiger partial charge in [0.2, 0.25) is 0 Å². The topological polar surface area (TPSA) is 231 Å². The van der Waals surface area contributed by atoms with Gasteiger partial charge in [0.05, 0.1) is 19.8 Å². The molecule has 62 heavy (non-hydrogen) atoms. The van der Waals surface area contributed by atoms with Gasteiger partial charge in [-0.05, 0) is 64.2 Å². The number of ether oxygens (including phenoxy) is 6. The molecule has 0 bridgehead atoms. The molecule has 0 aromatic heterocycles. The summed E-state index contributed by atoms with van der Waals surface area (Å²) in [4.78, 5) is 25.6. The van der Waals surface area contributed by atoms with Crippen LogP contribution in [0.4, 0.5) is 0 Å². The fourth-order valence-electron chi connectivity index (χ4n) is 6.69. The van der Waals surface area contributed by atoms with Crippen LogP contribution in [0, 0.1) is 0 Å². The Balaban J connectivity index is 1.87. The molecule has 2 saturated heterocycles. The first-order valence-electron chi connectivity index (χ1n) is 22.4. The van der Waals surface area contributed by atoms with E-state index >= 15 is 0 Å². The third-order valence-electron chi connectivity index (χ3n) is 10.4. The average Bonchev–Trinajstić information content (AvgIpc) is 3.26. The van der Waals surface area contributed by atoms with Crippen molar-refractivity contribution in [2.45, 2.75) is 183 Å². The molecule has 15 heteroatoms.